The Morgan fingerprint density at radius 3 is 2.74 bits per heavy atom. The molecule has 0 saturated heterocycles. The number of anilines is 1. The molecule has 0 spiro atoms. The van der Waals surface area contributed by atoms with Crippen LogP contribution in [0.15, 0.2) is 58.6 Å². The molecule has 0 fully saturated rings. The molecule has 3 rings (SSSR count). The highest BCUT2D eigenvalue weighted by molar-refractivity contribution is 8.00. The molecule has 6 nitrogen and oxygen atoms in total. The first-order valence-electron chi connectivity index (χ1n) is 8.16. The number of benzene rings is 2. The van der Waals surface area contributed by atoms with Gasteiger partial charge in [0.1, 0.15) is 0 Å². The van der Waals surface area contributed by atoms with Gasteiger partial charge < -0.3 is 5.32 Å². The number of amides is 1. The smallest absolute Gasteiger partial charge is 0.234 e. The molecule has 0 radical (unpaired) electrons. The van der Waals surface area contributed by atoms with Gasteiger partial charge in [-0.25, -0.2) is 4.98 Å². The lowest BCUT2D eigenvalue weighted by atomic mass is 10.1. The minimum atomic E-state index is -0.147. The number of nitrogens with one attached hydrogen (secondary N) is 2. The molecule has 8 heteroatoms. The van der Waals surface area contributed by atoms with E-state index in [1.165, 1.54) is 29.1 Å². The zero-order valence-electron chi connectivity index (χ0n) is 14.6. The average Bonchev–Trinajstić information content (AvgIpc) is 3.15. The summed E-state index contributed by atoms with van der Waals surface area (Å²) >= 11 is 2.66. The van der Waals surface area contributed by atoms with Gasteiger partial charge in [0.2, 0.25) is 11.1 Å². The molecule has 3 aromatic rings. The predicted molar refractivity (Wildman–Crippen MR) is 109 cm³/mol. The summed E-state index contributed by atoms with van der Waals surface area (Å²) in [5, 5.41) is 19.2. The number of para-hydroxylation sites is 1. The Balaban J connectivity index is 1.57. The van der Waals surface area contributed by atoms with Gasteiger partial charge in [0.05, 0.1) is 23.3 Å². The second-order valence-corrected chi connectivity index (χ2v) is 7.57. The molecular weight excluding hydrogens is 378 g/mol. The standard InChI is InChI=1S/C19H17N5OS2/c1-13-6-8-14(9-7-13)18-22-19(24-23-18)27-12-17(25)21-15-4-2-3-5-16(15)26-11-10-20/h2-9H,11-12H2,1H3,(H,21,25)(H,22,23,24). The van der Waals surface area contributed by atoms with E-state index in [9.17, 15) is 4.79 Å². The minimum Gasteiger partial charge on any atom is -0.324 e. The number of H-pyrrole nitrogens is 1. The Morgan fingerprint density at radius 1 is 1.19 bits per heavy atom. The molecule has 0 saturated carbocycles. The Hall–Kier alpha value is -2.76. The summed E-state index contributed by atoms with van der Waals surface area (Å²) in [6.07, 6.45) is 0. The number of hydrogen-bond acceptors (Lipinski definition) is 6. The largest absolute Gasteiger partial charge is 0.324 e. The first-order valence-corrected chi connectivity index (χ1v) is 10.1. The number of nitriles is 1. The highest BCUT2D eigenvalue weighted by atomic mass is 32.2. The van der Waals surface area contributed by atoms with E-state index in [0.717, 1.165) is 10.5 Å². The highest BCUT2D eigenvalue weighted by Crippen LogP contribution is 2.27. The molecule has 0 aliphatic carbocycles. The van der Waals surface area contributed by atoms with Gasteiger partial charge in [0.15, 0.2) is 5.82 Å². The van der Waals surface area contributed by atoms with Crippen molar-refractivity contribution in [3.8, 4) is 17.5 Å². The first-order chi connectivity index (χ1) is 13.2. The van der Waals surface area contributed by atoms with E-state index in [0.29, 0.717) is 22.4 Å². The summed E-state index contributed by atoms with van der Waals surface area (Å²) in [5.74, 6) is 1.06. The third-order valence-electron chi connectivity index (χ3n) is 3.58. The van der Waals surface area contributed by atoms with Crippen molar-refractivity contribution in [1.82, 2.24) is 15.2 Å². The fourth-order valence-corrected chi connectivity index (χ4v) is 3.54. The molecule has 1 heterocycles. The number of carbonyl (C=O) groups is 1. The fourth-order valence-electron chi connectivity index (χ4n) is 2.27. The molecule has 1 amide bonds. The maximum Gasteiger partial charge on any atom is 0.234 e. The molecular formula is C19H17N5OS2. The molecule has 0 aliphatic rings. The number of thioether (sulfide) groups is 2. The van der Waals surface area contributed by atoms with Crippen LogP contribution >= 0.6 is 23.5 Å². The van der Waals surface area contributed by atoms with E-state index in [1.54, 1.807) is 0 Å². The van der Waals surface area contributed by atoms with Crippen molar-refractivity contribution in [3.63, 3.8) is 0 Å². The van der Waals surface area contributed by atoms with Crippen LogP contribution in [0.1, 0.15) is 5.56 Å². The van der Waals surface area contributed by atoms with Crippen LogP contribution in [0.2, 0.25) is 0 Å². The van der Waals surface area contributed by atoms with Crippen LogP contribution in [0.5, 0.6) is 0 Å². The lowest BCUT2D eigenvalue weighted by molar-refractivity contribution is -0.113. The van der Waals surface area contributed by atoms with Crippen LogP contribution in [0.4, 0.5) is 5.69 Å². The maximum atomic E-state index is 12.3. The summed E-state index contributed by atoms with van der Waals surface area (Å²) in [6, 6.07) is 17.5. The summed E-state index contributed by atoms with van der Waals surface area (Å²) < 4.78 is 0. The van der Waals surface area contributed by atoms with Gasteiger partial charge in [-0.05, 0) is 19.1 Å². The number of carbonyl (C=O) groups excluding carboxylic acids is 1. The SMILES string of the molecule is Cc1ccc(-c2nc(SCC(=O)Nc3ccccc3SCC#N)n[nH]2)cc1. The molecule has 2 aromatic carbocycles. The van der Waals surface area contributed by atoms with E-state index in [2.05, 4.69) is 26.6 Å². The molecule has 2 N–H and O–H groups in total. The Kier molecular flexibility index (Phi) is 6.52. The van der Waals surface area contributed by atoms with Gasteiger partial charge >= 0.3 is 0 Å². The third-order valence-corrected chi connectivity index (χ3v) is 5.36. The minimum absolute atomic E-state index is 0.147. The van der Waals surface area contributed by atoms with Crippen LogP contribution < -0.4 is 5.32 Å². The fraction of sp³-hybridized carbons (Fsp3) is 0.158. The van der Waals surface area contributed by atoms with Crippen molar-refractivity contribution < 1.29 is 4.79 Å². The molecule has 0 bridgehead atoms. The number of aromatic nitrogens is 3. The van der Waals surface area contributed by atoms with E-state index < -0.39 is 0 Å². The van der Waals surface area contributed by atoms with Crippen LogP contribution in [-0.4, -0.2) is 32.6 Å². The molecule has 0 aliphatic heterocycles. The Bertz CT molecular complexity index is 963. The van der Waals surface area contributed by atoms with Crippen LogP contribution in [0.3, 0.4) is 0 Å². The van der Waals surface area contributed by atoms with Crippen molar-refractivity contribution in [2.75, 3.05) is 16.8 Å². The number of nitrogens with zero attached hydrogens (tertiary/aromatic N) is 3. The van der Waals surface area contributed by atoms with Crippen molar-refractivity contribution in [3.05, 3.63) is 54.1 Å². The van der Waals surface area contributed by atoms with E-state index in [4.69, 9.17) is 5.26 Å². The molecule has 1 aromatic heterocycles. The molecule has 136 valence electrons. The van der Waals surface area contributed by atoms with Crippen molar-refractivity contribution in [2.24, 2.45) is 0 Å². The number of aromatic amines is 1. The highest BCUT2D eigenvalue weighted by Gasteiger charge is 2.11. The number of rotatable bonds is 7. The van der Waals surface area contributed by atoms with Gasteiger partial charge in [-0.2, -0.15) is 5.26 Å². The van der Waals surface area contributed by atoms with Crippen molar-refractivity contribution >= 4 is 35.1 Å². The summed E-state index contributed by atoms with van der Waals surface area (Å²) in [4.78, 5) is 17.5. The maximum absolute atomic E-state index is 12.3. The normalized spacial score (nSPS) is 10.4. The topological polar surface area (TPSA) is 94.5 Å². The van der Waals surface area contributed by atoms with E-state index in [1.807, 2.05) is 55.5 Å². The Morgan fingerprint density at radius 2 is 1.96 bits per heavy atom. The van der Waals surface area contributed by atoms with Crippen LogP contribution in [0.25, 0.3) is 11.4 Å². The molecule has 0 unspecified atom stereocenters. The van der Waals surface area contributed by atoms with Gasteiger partial charge in [-0.3, -0.25) is 9.89 Å². The first kappa shape index (κ1) is 19.0. The van der Waals surface area contributed by atoms with Crippen LogP contribution in [-0.2, 0) is 4.79 Å². The van der Waals surface area contributed by atoms with Gasteiger partial charge in [-0.1, -0.05) is 53.7 Å². The monoisotopic (exact) mass is 395 g/mol. The molecule has 0 atom stereocenters. The predicted octanol–water partition coefficient (Wildman–Crippen LogP) is 4.13. The van der Waals surface area contributed by atoms with Gasteiger partial charge in [0, 0.05) is 10.5 Å². The van der Waals surface area contributed by atoms with Crippen molar-refractivity contribution in [2.45, 2.75) is 17.0 Å². The van der Waals surface area contributed by atoms with Crippen LogP contribution in [0, 0.1) is 18.3 Å². The van der Waals surface area contributed by atoms with E-state index in [-0.39, 0.29) is 11.7 Å². The zero-order valence-corrected chi connectivity index (χ0v) is 16.2. The van der Waals surface area contributed by atoms with Gasteiger partial charge in [0.25, 0.3) is 0 Å². The summed E-state index contributed by atoms with van der Waals surface area (Å²) in [7, 11) is 0. The molecule has 27 heavy (non-hydrogen) atoms. The lowest BCUT2D eigenvalue weighted by Gasteiger charge is -2.08. The van der Waals surface area contributed by atoms with Crippen molar-refractivity contribution in [1.29, 1.82) is 5.26 Å². The second-order valence-electron chi connectivity index (χ2n) is 5.61. The Labute approximate surface area is 165 Å². The quantitative estimate of drug-likeness (QED) is 0.584. The van der Waals surface area contributed by atoms with Gasteiger partial charge in [-0.15, -0.1) is 16.9 Å². The zero-order chi connectivity index (χ0) is 19.1. The second kappa shape index (κ2) is 9.26. The number of aryl methyl sites for hydroxylation is 1. The average molecular weight is 396 g/mol. The number of hydrogen-bond donors (Lipinski definition) is 2. The third kappa shape index (κ3) is 5.36. The summed E-state index contributed by atoms with van der Waals surface area (Å²) in [6.45, 7) is 2.03. The summed E-state index contributed by atoms with van der Waals surface area (Å²) in [5.41, 5.74) is 2.84. The lowest BCUT2D eigenvalue weighted by Crippen LogP contribution is -2.14. The van der Waals surface area contributed by atoms with E-state index >= 15 is 0 Å².